The largest absolute Gasteiger partial charge is 0.381 e. The van der Waals surface area contributed by atoms with Crippen LogP contribution in [0.2, 0.25) is 0 Å². The van der Waals surface area contributed by atoms with E-state index in [0.717, 1.165) is 23.4 Å². The second-order valence-corrected chi connectivity index (χ2v) is 6.10. The zero-order chi connectivity index (χ0) is 18.6. The molecule has 136 valence electrons. The molecule has 8 heteroatoms. The Labute approximate surface area is 156 Å². The van der Waals surface area contributed by atoms with Crippen LogP contribution in [0.1, 0.15) is 18.0 Å². The number of hydrogen-bond donors (Lipinski definition) is 3. The van der Waals surface area contributed by atoms with Crippen molar-refractivity contribution in [3.63, 3.8) is 0 Å². The molecule has 0 aliphatic rings. The number of hydrogen-bond acceptors (Lipinski definition) is 7. The highest BCUT2D eigenvalue weighted by molar-refractivity contribution is 5.67. The number of aromatic nitrogens is 5. The highest BCUT2D eigenvalue weighted by Gasteiger charge is 2.14. The van der Waals surface area contributed by atoms with Crippen molar-refractivity contribution in [2.75, 3.05) is 17.6 Å². The Morgan fingerprint density at radius 2 is 1.89 bits per heavy atom. The van der Waals surface area contributed by atoms with Crippen molar-refractivity contribution in [1.82, 2.24) is 24.3 Å². The van der Waals surface area contributed by atoms with E-state index in [1.807, 2.05) is 34.9 Å². The highest BCUT2D eigenvalue weighted by Crippen LogP contribution is 2.24. The molecule has 0 aliphatic heterocycles. The third-order valence-corrected chi connectivity index (χ3v) is 4.33. The average molecular weight is 360 g/mol. The maximum atomic E-state index is 5.89. The predicted molar refractivity (Wildman–Crippen MR) is 105 cm³/mol. The number of imidazole rings is 1. The first-order valence-electron chi connectivity index (χ1n) is 8.69. The van der Waals surface area contributed by atoms with Gasteiger partial charge >= 0.3 is 0 Å². The molecule has 0 saturated heterocycles. The molecule has 1 atom stereocenters. The molecule has 27 heavy (non-hydrogen) atoms. The lowest BCUT2D eigenvalue weighted by molar-refractivity contribution is 0.696. The Bertz CT molecular complexity index is 1040. The Morgan fingerprint density at radius 3 is 2.70 bits per heavy atom. The van der Waals surface area contributed by atoms with Gasteiger partial charge in [0.1, 0.15) is 0 Å². The van der Waals surface area contributed by atoms with E-state index in [9.17, 15) is 0 Å². The lowest BCUT2D eigenvalue weighted by Gasteiger charge is -2.18. The van der Waals surface area contributed by atoms with Gasteiger partial charge in [0.25, 0.3) is 0 Å². The summed E-state index contributed by atoms with van der Waals surface area (Å²) < 4.78 is 1.86. The van der Waals surface area contributed by atoms with Gasteiger partial charge < -0.3 is 16.8 Å². The molecule has 0 saturated carbocycles. The van der Waals surface area contributed by atoms with E-state index in [4.69, 9.17) is 11.5 Å². The van der Waals surface area contributed by atoms with Crippen LogP contribution in [-0.2, 0) is 0 Å². The van der Waals surface area contributed by atoms with E-state index >= 15 is 0 Å². The van der Waals surface area contributed by atoms with Crippen molar-refractivity contribution in [2.45, 2.75) is 12.5 Å². The molecular weight excluding hydrogens is 340 g/mol. The molecule has 0 bridgehead atoms. The van der Waals surface area contributed by atoms with E-state index in [-0.39, 0.29) is 6.04 Å². The number of rotatable bonds is 6. The Morgan fingerprint density at radius 1 is 1.04 bits per heavy atom. The number of nitrogen functional groups attached to an aromatic ring is 1. The molecule has 3 heterocycles. The molecule has 1 aromatic carbocycles. The van der Waals surface area contributed by atoms with Crippen LogP contribution < -0.4 is 16.8 Å². The monoisotopic (exact) mass is 360 g/mol. The zero-order valence-corrected chi connectivity index (χ0v) is 14.7. The average Bonchev–Trinajstić information content (AvgIpc) is 3.14. The minimum atomic E-state index is 0.0356. The highest BCUT2D eigenvalue weighted by atomic mass is 15.1. The molecule has 4 rings (SSSR count). The molecule has 1 unspecified atom stereocenters. The first-order valence-corrected chi connectivity index (χ1v) is 8.69. The molecule has 4 aromatic rings. The fourth-order valence-electron chi connectivity index (χ4n) is 3.03. The zero-order valence-electron chi connectivity index (χ0n) is 14.7. The maximum absolute atomic E-state index is 5.89. The molecule has 0 fully saturated rings. The van der Waals surface area contributed by atoms with Crippen LogP contribution in [0.3, 0.4) is 0 Å². The van der Waals surface area contributed by atoms with Gasteiger partial charge in [-0.05, 0) is 24.6 Å². The summed E-state index contributed by atoms with van der Waals surface area (Å²) in [5.74, 6) is 0.912. The van der Waals surface area contributed by atoms with Crippen molar-refractivity contribution in [3.05, 3.63) is 66.7 Å². The fourth-order valence-corrected chi connectivity index (χ4v) is 3.03. The van der Waals surface area contributed by atoms with Crippen LogP contribution >= 0.6 is 0 Å². The third-order valence-electron chi connectivity index (χ3n) is 4.33. The van der Waals surface area contributed by atoms with Crippen LogP contribution in [0.25, 0.3) is 17.0 Å². The van der Waals surface area contributed by atoms with Crippen LogP contribution in [0.4, 0.5) is 11.8 Å². The van der Waals surface area contributed by atoms with Gasteiger partial charge in [-0.1, -0.05) is 30.3 Å². The van der Waals surface area contributed by atoms with Crippen LogP contribution in [0.5, 0.6) is 0 Å². The van der Waals surface area contributed by atoms with Crippen molar-refractivity contribution in [2.24, 2.45) is 5.73 Å². The van der Waals surface area contributed by atoms with Gasteiger partial charge in [-0.2, -0.15) is 0 Å². The summed E-state index contributed by atoms with van der Waals surface area (Å²) in [4.78, 5) is 17.4. The number of anilines is 2. The number of benzene rings is 1. The Hall–Kier alpha value is -3.52. The minimum Gasteiger partial charge on any atom is -0.381 e. The van der Waals surface area contributed by atoms with E-state index in [1.54, 1.807) is 18.6 Å². The number of nitrogens with one attached hydrogen (secondary N) is 1. The number of nitrogens with zero attached hydrogens (tertiary/aromatic N) is 5. The Balaban J connectivity index is 1.66. The number of nitrogens with two attached hydrogens (primary N) is 2. The van der Waals surface area contributed by atoms with Crippen LogP contribution in [0, 0.1) is 0 Å². The summed E-state index contributed by atoms with van der Waals surface area (Å²) >= 11 is 0. The molecular formula is C19H20N8. The topological polar surface area (TPSA) is 120 Å². The van der Waals surface area contributed by atoms with Crippen molar-refractivity contribution in [1.29, 1.82) is 0 Å². The second-order valence-electron chi connectivity index (χ2n) is 6.10. The SMILES string of the molecule is NCCC(Nc1nccc(-c2cnc3c(N)nccn23)n1)c1ccccc1. The smallest absolute Gasteiger partial charge is 0.223 e. The van der Waals surface area contributed by atoms with Gasteiger partial charge in [-0.25, -0.2) is 19.9 Å². The normalized spacial score (nSPS) is 12.2. The van der Waals surface area contributed by atoms with E-state index in [0.29, 0.717) is 24.0 Å². The van der Waals surface area contributed by atoms with Gasteiger partial charge in [-0.15, -0.1) is 0 Å². The third kappa shape index (κ3) is 3.42. The summed E-state index contributed by atoms with van der Waals surface area (Å²) in [6.45, 7) is 0.561. The Kier molecular flexibility index (Phi) is 4.63. The van der Waals surface area contributed by atoms with E-state index < -0.39 is 0 Å². The summed E-state index contributed by atoms with van der Waals surface area (Å²) in [7, 11) is 0. The second kappa shape index (κ2) is 7.38. The first kappa shape index (κ1) is 16.9. The first-order chi connectivity index (χ1) is 13.3. The van der Waals surface area contributed by atoms with Gasteiger partial charge in [-0.3, -0.25) is 4.40 Å². The summed E-state index contributed by atoms with van der Waals surface area (Å²) in [5.41, 5.74) is 15.0. The van der Waals surface area contributed by atoms with E-state index in [2.05, 4.69) is 37.4 Å². The summed E-state index contributed by atoms with van der Waals surface area (Å²) in [6.07, 6.45) is 7.67. The van der Waals surface area contributed by atoms with E-state index in [1.165, 1.54) is 0 Å². The number of fused-ring (bicyclic) bond motifs is 1. The molecule has 5 N–H and O–H groups in total. The maximum Gasteiger partial charge on any atom is 0.223 e. The molecule has 0 amide bonds. The van der Waals surface area contributed by atoms with Gasteiger partial charge in [0.2, 0.25) is 5.95 Å². The van der Waals surface area contributed by atoms with Crippen molar-refractivity contribution in [3.8, 4) is 11.4 Å². The molecule has 0 spiro atoms. The van der Waals surface area contributed by atoms with Gasteiger partial charge in [0.15, 0.2) is 11.5 Å². The summed E-state index contributed by atoms with van der Waals surface area (Å²) in [5, 5.41) is 3.39. The van der Waals surface area contributed by atoms with Crippen LogP contribution in [0.15, 0.2) is 61.2 Å². The standard InChI is InChI=1S/C19H20N8/c20-8-6-14(13-4-2-1-3-5-13)25-19-23-9-7-15(26-19)16-12-24-18-17(21)22-10-11-27(16)18/h1-5,7,9-12,14H,6,8,20H2,(H2,21,22)(H,23,25,26). The predicted octanol–water partition coefficient (Wildman–Crippen LogP) is 2.27. The quantitative estimate of drug-likeness (QED) is 0.482. The molecule has 0 radical (unpaired) electrons. The summed E-state index contributed by atoms with van der Waals surface area (Å²) in [6, 6.07) is 12.0. The van der Waals surface area contributed by atoms with Crippen LogP contribution in [-0.4, -0.2) is 30.9 Å². The molecule has 0 aliphatic carbocycles. The lowest BCUT2D eigenvalue weighted by Crippen LogP contribution is -2.17. The fraction of sp³-hybridized carbons (Fsp3) is 0.158. The van der Waals surface area contributed by atoms with Crippen molar-refractivity contribution < 1.29 is 0 Å². The van der Waals surface area contributed by atoms with Crippen molar-refractivity contribution >= 4 is 17.4 Å². The van der Waals surface area contributed by atoms with Gasteiger partial charge in [0.05, 0.1) is 23.6 Å². The molecule has 8 nitrogen and oxygen atoms in total. The molecule has 3 aromatic heterocycles. The van der Waals surface area contributed by atoms with Gasteiger partial charge in [0, 0.05) is 18.6 Å². The minimum absolute atomic E-state index is 0.0356. The lowest BCUT2D eigenvalue weighted by atomic mass is 10.0.